The molecule has 22 heavy (non-hydrogen) atoms. The number of amides is 1. The molecule has 0 aromatic carbocycles. The zero-order valence-electron chi connectivity index (χ0n) is 13.3. The molecule has 2 rings (SSSR count). The van der Waals surface area contributed by atoms with E-state index in [2.05, 4.69) is 0 Å². The number of carbonyl (C=O) groups excluding carboxylic acids is 1. The fraction of sp³-hybridized carbons (Fsp3) is 0.500. The van der Waals surface area contributed by atoms with Crippen LogP contribution in [0.25, 0.3) is 5.57 Å². The summed E-state index contributed by atoms with van der Waals surface area (Å²) in [5.41, 5.74) is 1.41. The monoisotopic (exact) mass is 323 g/mol. The number of ether oxygens (including phenoxy) is 1. The smallest absolute Gasteiger partial charge is 0.407 e. The van der Waals surface area contributed by atoms with Gasteiger partial charge in [0.25, 0.3) is 0 Å². The Morgan fingerprint density at radius 3 is 2.59 bits per heavy atom. The molecule has 1 N–H and O–H groups in total. The molecular formula is C16H21NO4S. The molecule has 1 aliphatic rings. The fourth-order valence-corrected chi connectivity index (χ4v) is 3.10. The molecule has 1 aliphatic heterocycles. The molecule has 0 bridgehead atoms. The number of aryl methyl sites for hydroxylation is 1. The van der Waals surface area contributed by atoms with E-state index in [0.717, 1.165) is 16.0 Å². The average Bonchev–Trinajstić information content (AvgIpc) is 2.84. The van der Waals surface area contributed by atoms with Gasteiger partial charge in [-0.25, -0.2) is 4.79 Å². The summed E-state index contributed by atoms with van der Waals surface area (Å²) >= 11 is 1.58. The van der Waals surface area contributed by atoms with Gasteiger partial charge in [-0.15, -0.1) is 11.3 Å². The summed E-state index contributed by atoms with van der Waals surface area (Å²) in [5, 5.41) is 11.2. The second kappa shape index (κ2) is 6.12. The largest absolute Gasteiger partial charge is 0.465 e. The van der Waals surface area contributed by atoms with Gasteiger partial charge in [-0.2, -0.15) is 0 Å². The van der Waals surface area contributed by atoms with Gasteiger partial charge in [-0.05, 0) is 44.7 Å². The first-order valence-corrected chi connectivity index (χ1v) is 8.01. The minimum absolute atomic E-state index is 0.167. The van der Waals surface area contributed by atoms with E-state index in [1.807, 2.05) is 24.4 Å². The molecule has 120 valence electrons. The minimum atomic E-state index is -1.01. The number of esters is 1. The number of carboxylic acid groups (broad SMARTS) is 1. The normalized spacial score (nSPS) is 18.8. The highest BCUT2D eigenvalue weighted by molar-refractivity contribution is 7.11. The quantitative estimate of drug-likeness (QED) is 0.847. The summed E-state index contributed by atoms with van der Waals surface area (Å²) in [6.45, 7) is 7.83. The Hall–Kier alpha value is -1.82. The first-order valence-electron chi connectivity index (χ1n) is 7.13. The van der Waals surface area contributed by atoms with Crippen molar-refractivity contribution in [2.75, 3.05) is 13.1 Å². The lowest BCUT2D eigenvalue weighted by molar-refractivity contribution is -0.156. The zero-order valence-corrected chi connectivity index (χ0v) is 14.1. The van der Waals surface area contributed by atoms with Gasteiger partial charge >= 0.3 is 12.1 Å². The van der Waals surface area contributed by atoms with Crippen molar-refractivity contribution in [1.82, 2.24) is 4.90 Å². The van der Waals surface area contributed by atoms with Crippen molar-refractivity contribution in [2.45, 2.75) is 33.8 Å². The molecule has 0 fully saturated rings. The highest BCUT2D eigenvalue weighted by Gasteiger charge is 2.33. The maximum absolute atomic E-state index is 12.2. The predicted molar refractivity (Wildman–Crippen MR) is 86.0 cm³/mol. The molecular weight excluding hydrogens is 302 g/mol. The van der Waals surface area contributed by atoms with Crippen LogP contribution in [0.4, 0.5) is 4.79 Å². The van der Waals surface area contributed by atoms with Crippen LogP contribution in [-0.2, 0) is 9.53 Å². The van der Waals surface area contributed by atoms with Crippen molar-refractivity contribution in [3.05, 3.63) is 28.0 Å². The number of hydrogen-bond donors (Lipinski definition) is 1. The van der Waals surface area contributed by atoms with E-state index in [0.29, 0.717) is 6.54 Å². The number of hydrogen-bond acceptors (Lipinski definition) is 4. The van der Waals surface area contributed by atoms with E-state index < -0.39 is 17.6 Å². The highest BCUT2D eigenvalue weighted by atomic mass is 32.1. The molecule has 0 radical (unpaired) electrons. The second-order valence-electron chi connectivity index (χ2n) is 6.48. The van der Waals surface area contributed by atoms with Crippen molar-refractivity contribution >= 4 is 29.0 Å². The summed E-state index contributed by atoms with van der Waals surface area (Å²) in [4.78, 5) is 25.6. The fourth-order valence-electron chi connectivity index (χ4n) is 2.12. The molecule has 1 aromatic heterocycles. The van der Waals surface area contributed by atoms with Gasteiger partial charge < -0.3 is 14.7 Å². The van der Waals surface area contributed by atoms with Crippen LogP contribution < -0.4 is 0 Å². The summed E-state index contributed by atoms with van der Waals surface area (Å²) < 4.78 is 5.61. The average molecular weight is 323 g/mol. The van der Waals surface area contributed by atoms with Crippen LogP contribution in [0.3, 0.4) is 0 Å². The van der Waals surface area contributed by atoms with Crippen molar-refractivity contribution in [2.24, 2.45) is 5.41 Å². The molecule has 0 aliphatic carbocycles. The third-order valence-electron chi connectivity index (χ3n) is 3.41. The van der Waals surface area contributed by atoms with Gasteiger partial charge in [0.1, 0.15) is 6.10 Å². The van der Waals surface area contributed by atoms with Gasteiger partial charge in [0.05, 0.1) is 12.0 Å². The van der Waals surface area contributed by atoms with Crippen molar-refractivity contribution in [3.63, 3.8) is 0 Å². The molecule has 1 unspecified atom stereocenters. The molecule has 1 amide bonds. The van der Waals surface area contributed by atoms with Crippen molar-refractivity contribution in [1.29, 1.82) is 0 Å². The molecule has 0 saturated carbocycles. The van der Waals surface area contributed by atoms with Crippen LogP contribution in [0.2, 0.25) is 0 Å². The van der Waals surface area contributed by atoms with Gasteiger partial charge in [0.2, 0.25) is 0 Å². The Morgan fingerprint density at radius 1 is 1.41 bits per heavy atom. The molecule has 1 atom stereocenters. The molecule has 1 aromatic rings. The zero-order chi connectivity index (χ0) is 16.5. The van der Waals surface area contributed by atoms with Crippen LogP contribution in [-0.4, -0.2) is 41.3 Å². The van der Waals surface area contributed by atoms with Crippen molar-refractivity contribution in [3.8, 4) is 0 Å². The van der Waals surface area contributed by atoms with Crippen LogP contribution in [0.5, 0.6) is 0 Å². The van der Waals surface area contributed by atoms with Gasteiger partial charge in [-0.1, -0.05) is 6.08 Å². The van der Waals surface area contributed by atoms with Gasteiger partial charge in [0.15, 0.2) is 0 Å². The number of nitrogens with zero attached hydrogens (tertiary/aromatic N) is 1. The SMILES string of the molecule is Cc1csc(C2=CCN(C(=O)O)CC2OC(=O)C(C)(C)C)c1. The van der Waals surface area contributed by atoms with Gasteiger partial charge in [-0.3, -0.25) is 4.79 Å². The minimum Gasteiger partial charge on any atom is -0.465 e. The Balaban J connectivity index is 2.28. The molecule has 0 saturated heterocycles. The predicted octanol–water partition coefficient (Wildman–Crippen LogP) is 3.39. The number of thiophene rings is 1. The molecule has 5 nitrogen and oxygen atoms in total. The number of rotatable bonds is 2. The summed E-state index contributed by atoms with van der Waals surface area (Å²) in [6.07, 6.45) is 0.271. The van der Waals surface area contributed by atoms with E-state index in [9.17, 15) is 9.59 Å². The lowest BCUT2D eigenvalue weighted by Gasteiger charge is -2.32. The summed E-state index contributed by atoms with van der Waals surface area (Å²) in [5.74, 6) is -0.330. The summed E-state index contributed by atoms with van der Waals surface area (Å²) in [6, 6.07) is 2.03. The third kappa shape index (κ3) is 3.68. The standard InChI is InChI=1S/C16H21NO4S/c1-10-7-13(22-9-10)11-5-6-17(15(19)20)8-12(11)21-14(18)16(2,3)4/h5,7,9,12H,6,8H2,1-4H3,(H,19,20). The molecule has 0 spiro atoms. The highest BCUT2D eigenvalue weighted by Crippen LogP contribution is 2.31. The first-order chi connectivity index (χ1) is 10.2. The second-order valence-corrected chi connectivity index (χ2v) is 7.39. The third-order valence-corrected chi connectivity index (χ3v) is 4.51. The van der Waals surface area contributed by atoms with E-state index in [-0.39, 0.29) is 12.5 Å². The van der Waals surface area contributed by atoms with Crippen LogP contribution in [0.15, 0.2) is 17.5 Å². The van der Waals surface area contributed by atoms with E-state index in [4.69, 9.17) is 9.84 Å². The maximum Gasteiger partial charge on any atom is 0.407 e. The van der Waals surface area contributed by atoms with Gasteiger partial charge in [0, 0.05) is 17.0 Å². The Morgan fingerprint density at radius 2 is 2.09 bits per heavy atom. The van der Waals surface area contributed by atoms with Crippen molar-refractivity contribution < 1.29 is 19.4 Å². The topological polar surface area (TPSA) is 66.8 Å². The molecule has 6 heteroatoms. The van der Waals surface area contributed by atoms with Crippen LogP contribution in [0, 0.1) is 12.3 Å². The molecule has 2 heterocycles. The first kappa shape index (κ1) is 16.5. The lowest BCUT2D eigenvalue weighted by atomic mass is 9.96. The van der Waals surface area contributed by atoms with Crippen LogP contribution in [0.1, 0.15) is 31.2 Å². The van der Waals surface area contributed by atoms with E-state index in [1.54, 1.807) is 32.1 Å². The maximum atomic E-state index is 12.2. The number of carbonyl (C=O) groups is 2. The Kier molecular flexibility index (Phi) is 4.60. The van der Waals surface area contributed by atoms with Crippen LogP contribution >= 0.6 is 11.3 Å². The van der Waals surface area contributed by atoms with E-state index >= 15 is 0 Å². The summed E-state index contributed by atoms with van der Waals surface area (Å²) in [7, 11) is 0. The Labute approximate surface area is 134 Å². The lowest BCUT2D eigenvalue weighted by Crippen LogP contribution is -2.43. The van der Waals surface area contributed by atoms with E-state index in [1.165, 1.54) is 4.90 Å². The Bertz CT molecular complexity index is 612.